The average Bonchev–Trinajstić information content (AvgIpc) is 2.77. The molecule has 2 aliphatic rings. The van der Waals surface area contributed by atoms with Crippen LogP contribution in [0.1, 0.15) is 12.8 Å². The van der Waals surface area contributed by atoms with E-state index in [1.807, 2.05) is 0 Å². The topological polar surface area (TPSA) is 104 Å². The summed E-state index contributed by atoms with van der Waals surface area (Å²) >= 11 is 1.76. The quantitative estimate of drug-likeness (QED) is 0.676. The van der Waals surface area contributed by atoms with Crippen molar-refractivity contribution in [3.05, 3.63) is 0 Å². The molecule has 0 aliphatic carbocycles. The van der Waals surface area contributed by atoms with Gasteiger partial charge in [-0.3, -0.25) is 9.59 Å². The maximum absolute atomic E-state index is 12.4. The first kappa shape index (κ1) is 16.6. The number of carbonyl (C=O) groups excluding carboxylic acids is 1. The summed E-state index contributed by atoms with van der Waals surface area (Å²) in [6.45, 7) is 0.401. The van der Waals surface area contributed by atoms with Crippen LogP contribution >= 0.6 is 11.8 Å². The van der Waals surface area contributed by atoms with Gasteiger partial charge in [-0.25, -0.2) is 8.42 Å². The second-order valence-corrected chi connectivity index (χ2v) is 8.78. The molecule has 7 nitrogen and oxygen atoms in total. The van der Waals surface area contributed by atoms with Crippen molar-refractivity contribution < 1.29 is 23.1 Å². The van der Waals surface area contributed by atoms with Crippen LogP contribution in [0, 0.1) is 0 Å². The van der Waals surface area contributed by atoms with Crippen LogP contribution in [-0.4, -0.2) is 78.5 Å². The number of aliphatic carboxylic acids is 1. The summed E-state index contributed by atoms with van der Waals surface area (Å²) in [5.74, 6) is 0.329. The molecule has 2 saturated heterocycles. The summed E-state index contributed by atoms with van der Waals surface area (Å²) in [4.78, 5) is 24.6. The van der Waals surface area contributed by atoms with Crippen molar-refractivity contribution in [1.82, 2.24) is 10.2 Å². The van der Waals surface area contributed by atoms with Gasteiger partial charge in [0.15, 0.2) is 9.84 Å². The molecule has 21 heavy (non-hydrogen) atoms. The van der Waals surface area contributed by atoms with E-state index in [1.54, 1.807) is 11.8 Å². The first-order valence-corrected chi connectivity index (χ1v) is 9.88. The molecule has 0 radical (unpaired) electrons. The van der Waals surface area contributed by atoms with Gasteiger partial charge in [-0.15, -0.1) is 0 Å². The normalized spacial score (nSPS) is 28.2. The summed E-state index contributed by atoms with van der Waals surface area (Å²) in [5, 5.41) is 12.2. The van der Waals surface area contributed by atoms with Crippen molar-refractivity contribution in [1.29, 1.82) is 0 Å². The van der Waals surface area contributed by atoms with Crippen molar-refractivity contribution in [3.8, 4) is 0 Å². The van der Waals surface area contributed by atoms with E-state index >= 15 is 0 Å². The molecule has 2 fully saturated rings. The molecule has 0 bridgehead atoms. The minimum absolute atomic E-state index is 0.0264. The highest BCUT2D eigenvalue weighted by atomic mass is 32.2. The molecular formula is C12H20N2O5S2. The van der Waals surface area contributed by atoms with Crippen LogP contribution in [-0.2, 0) is 19.4 Å². The van der Waals surface area contributed by atoms with Gasteiger partial charge in [0.05, 0.1) is 11.5 Å². The highest BCUT2D eigenvalue weighted by Gasteiger charge is 2.36. The van der Waals surface area contributed by atoms with Crippen molar-refractivity contribution in [2.75, 3.05) is 36.1 Å². The monoisotopic (exact) mass is 336 g/mol. The highest BCUT2D eigenvalue weighted by molar-refractivity contribution is 7.99. The lowest BCUT2D eigenvalue weighted by molar-refractivity contribution is -0.146. The molecule has 2 N–H and O–H groups in total. The van der Waals surface area contributed by atoms with Crippen LogP contribution in [0.5, 0.6) is 0 Å². The van der Waals surface area contributed by atoms with Crippen molar-refractivity contribution in [3.63, 3.8) is 0 Å². The molecule has 0 aromatic heterocycles. The van der Waals surface area contributed by atoms with Gasteiger partial charge in [0.1, 0.15) is 6.54 Å². The lowest BCUT2D eigenvalue weighted by atomic mass is 10.1. The zero-order chi connectivity index (χ0) is 15.5. The second kappa shape index (κ2) is 6.97. The van der Waals surface area contributed by atoms with E-state index in [9.17, 15) is 18.0 Å². The molecule has 2 aliphatic heterocycles. The molecule has 2 heterocycles. The summed E-state index contributed by atoms with van der Waals surface area (Å²) in [6.07, 6.45) is 0.547. The number of thioether (sulfide) groups is 1. The number of carbonyl (C=O) groups is 2. The van der Waals surface area contributed by atoms with Crippen molar-refractivity contribution >= 4 is 33.5 Å². The number of nitrogens with one attached hydrogen (secondary N) is 1. The Morgan fingerprint density at radius 2 is 2.14 bits per heavy atom. The first-order valence-electron chi connectivity index (χ1n) is 6.90. The van der Waals surface area contributed by atoms with Crippen LogP contribution in [0.25, 0.3) is 0 Å². The molecular weight excluding hydrogens is 316 g/mol. The fourth-order valence-corrected chi connectivity index (χ4v) is 5.35. The van der Waals surface area contributed by atoms with Crippen LogP contribution < -0.4 is 5.32 Å². The van der Waals surface area contributed by atoms with Gasteiger partial charge >= 0.3 is 5.97 Å². The predicted octanol–water partition coefficient (Wildman–Crippen LogP) is -0.818. The predicted molar refractivity (Wildman–Crippen MR) is 80.1 cm³/mol. The molecule has 0 aromatic rings. The maximum atomic E-state index is 12.4. The number of carboxylic acid groups (broad SMARTS) is 1. The second-order valence-electron chi connectivity index (χ2n) is 5.40. The van der Waals surface area contributed by atoms with Gasteiger partial charge in [0.25, 0.3) is 0 Å². The van der Waals surface area contributed by atoms with Gasteiger partial charge in [-0.05, 0) is 6.42 Å². The minimum atomic E-state index is -3.15. The highest BCUT2D eigenvalue weighted by Crippen LogP contribution is 2.20. The zero-order valence-corrected chi connectivity index (χ0v) is 13.3. The van der Waals surface area contributed by atoms with Crippen molar-refractivity contribution in [2.24, 2.45) is 0 Å². The number of hydrogen-bond acceptors (Lipinski definition) is 6. The van der Waals surface area contributed by atoms with Gasteiger partial charge in [-0.1, -0.05) is 0 Å². The maximum Gasteiger partial charge on any atom is 0.323 e. The summed E-state index contributed by atoms with van der Waals surface area (Å²) < 4.78 is 23.1. The van der Waals surface area contributed by atoms with Crippen LogP contribution in [0.3, 0.4) is 0 Å². The third-order valence-electron chi connectivity index (χ3n) is 3.69. The summed E-state index contributed by atoms with van der Waals surface area (Å²) in [7, 11) is -3.15. The number of sulfone groups is 1. The summed E-state index contributed by atoms with van der Waals surface area (Å²) in [6, 6.07) is -0.472. The van der Waals surface area contributed by atoms with Crippen LogP contribution in [0.4, 0.5) is 0 Å². The Balaban J connectivity index is 2.01. The number of hydrogen-bond donors (Lipinski definition) is 2. The lowest BCUT2D eigenvalue weighted by Gasteiger charge is -2.30. The molecule has 0 saturated carbocycles. The fourth-order valence-electron chi connectivity index (χ4n) is 2.67. The number of amides is 1. The van der Waals surface area contributed by atoms with E-state index in [2.05, 4.69) is 5.32 Å². The molecule has 0 spiro atoms. The van der Waals surface area contributed by atoms with Gasteiger partial charge in [-0.2, -0.15) is 11.8 Å². The molecule has 1 amide bonds. The molecule has 2 rings (SSSR count). The Bertz CT molecular complexity index is 502. The Morgan fingerprint density at radius 1 is 1.38 bits per heavy atom. The van der Waals surface area contributed by atoms with Crippen molar-refractivity contribution in [2.45, 2.75) is 24.9 Å². The number of nitrogens with zero attached hydrogens (tertiary/aromatic N) is 1. The third-order valence-corrected chi connectivity index (χ3v) is 6.58. The SMILES string of the molecule is O=C(O)CN(C(=O)CC1CSCCN1)C1CCS(=O)(=O)C1. The molecule has 2 unspecified atom stereocenters. The third kappa shape index (κ3) is 4.86. The average molecular weight is 336 g/mol. The molecule has 0 aromatic carbocycles. The van der Waals surface area contributed by atoms with Crippen LogP contribution in [0.2, 0.25) is 0 Å². The lowest BCUT2D eigenvalue weighted by Crippen LogP contribution is -2.48. The zero-order valence-electron chi connectivity index (χ0n) is 11.7. The number of carboxylic acids is 1. The van der Waals surface area contributed by atoms with Crippen LogP contribution in [0.15, 0.2) is 0 Å². The Morgan fingerprint density at radius 3 is 2.67 bits per heavy atom. The van der Waals surface area contributed by atoms with E-state index in [0.29, 0.717) is 6.42 Å². The minimum Gasteiger partial charge on any atom is -0.480 e. The largest absolute Gasteiger partial charge is 0.480 e. The first-order chi connectivity index (χ1) is 9.87. The smallest absolute Gasteiger partial charge is 0.323 e. The molecule has 120 valence electrons. The van der Waals surface area contributed by atoms with E-state index in [0.717, 1.165) is 18.1 Å². The van der Waals surface area contributed by atoms with E-state index in [-0.39, 0.29) is 29.9 Å². The van der Waals surface area contributed by atoms with Gasteiger partial charge in [0.2, 0.25) is 5.91 Å². The fraction of sp³-hybridized carbons (Fsp3) is 0.833. The van der Waals surface area contributed by atoms with E-state index < -0.39 is 28.4 Å². The molecule has 9 heteroatoms. The Kier molecular flexibility index (Phi) is 5.50. The van der Waals surface area contributed by atoms with E-state index in [1.165, 1.54) is 4.90 Å². The molecule has 2 atom stereocenters. The van der Waals surface area contributed by atoms with E-state index in [4.69, 9.17) is 5.11 Å². The Labute approximate surface area is 128 Å². The van der Waals surface area contributed by atoms with Gasteiger partial charge < -0.3 is 15.3 Å². The number of rotatable bonds is 5. The van der Waals surface area contributed by atoms with Gasteiger partial charge in [0, 0.05) is 36.6 Å². The standard InChI is InChI=1S/C12H20N2O5S2/c15-11(5-9-7-20-3-2-13-9)14(6-12(16)17)10-1-4-21(18,19)8-10/h9-10,13H,1-8H2,(H,16,17). The summed E-state index contributed by atoms with van der Waals surface area (Å²) in [5.41, 5.74) is 0. The Hall–Kier alpha value is -0.800.